The highest BCUT2D eigenvalue weighted by molar-refractivity contribution is 6.66. The lowest BCUT2D eigenvalue weighted by atomic mass is 10.1. The molecular formula is C15H9Cl3N2. The summed E-state index contributed by atoms with van der Waals surface area (Å²) >= 11 is 18.2. The molecule has 0 amide bonds. The molecule has 2 aromatic heterocycles. The summed E-state index contributed by atoms with van der Waals surface area (Å²) in [6.45, 7) is 0. The van der Waals surface area contributed by atoms with Crippen LogP contribution in [0.15, 0.2) is 54.7 Å². The van der Waals surface area contributed by atoms with Crippen molar-refractivity contribution in [2.75, 3.05) is 0 Å². The van der Waals surface area contributed by atoms with Crippen molar-refractivity contribution in [2.45, 2.75) is 3.79 Å². The monoisotopic (exact) mass is 322 g/mol. The molecule has 0 saturated carbocycles. The topological polar surface area (TPSA) is 25.8 Å². The Kier molecular flexibility index (Phi) is 3.55. The highest BCUT2D eigenvalue weighted by Crippen LogP contribution is 2.42. The van der Waals surface area contributed by atoms with E-state index in [1.807, 2.05) is 48.5 Å². The molecule has 0 atom stereocenters. The maximum absolute atomic E-state index is 6.05. The minimum Gasteiger partial charge on any atom is -0.256 e. The van der Waals surface area contributed by atoms with Crippen LogP contribution in [0.4, 0.5) is 0 Å². The van der Waals surface area contributed by atoms with Crippen LogP contribution in [0.5, 0.6) is 0 Å². The number of halogens is 3. The molecule has 100 valence electrons. The number of aromatic nitrogens is 2. The van der Waals surface area contributed by atoms with Gasteiger partial charge in [0.2, 0.25) is 3.79 Å². The summed E-state index contributed by atoms with van der Waals surface area (Å²) in [4.78, 5) is 8.80. The number of hydrogen-bond acceptors (Lipinski definition) is 2. The van der Waals surface area contributed by atoms with Crippen molar-refractivity contribution < 1.29 is 0 Å². The molecule has 0 aliphatic rings. The fourth-order valence-electron chi connectivity index (χ4n) is 2.05. The second-order valence-electron chi connectivity index (χ2n) is 4.29. The summed E-state index contributed by atoms with van der Waals surface area (Å²) in [6.07, 6.45) is 1.70. The van der Waals surface area contributed by atoms with Crippen molar-refractivity contribution in [3.63, 3.8) is 0 Å². The Morgan fingerprint density at radius 3 is 2.35 bits per heavy atom. The number of rotatable bonds is 1. The average molecular weight is 324 g/mol. The van der Waals surface area contributed by atoms with Gasteiger partial charge in [-0.15, -0.1) is 0 Å². The van der Waals surface area contributed by atoms with Crippen molar-refractivity contribution in [3.05, 3.63) is 60.4 Å². The Morgan fingerprint density at radius 2 is 1.65 bits per heavy atom. The van der Waals surface area contributed by atoms with Gasteiger partial charge in [-0.05, 0) is 24.3 Å². The van der Waals surface area contributed by atoms with E-state index in [4.69, 9.17) is 34.8 Å². The van der Waals surface area contributed by atoms with E-state index in [-0.39, 0.29) is 0 Å². The molecule has 3 rings (SSSR count). The predicted molar refractivity (Wildman–Crippen MR) is 84.2 cm³/mol. The van der Waals surface area contributed by atoms with E-state index in [2.05, 4.69) is 9.97 Å². The molecule has 2 heterocycles. The van der Waals surface area contributed by atoms with Crippen LogP contribution < -0.4 is 0 Å². The minimum atomic E-state index is -1.60. The fourth-order valence-corrected chi connectivity index (χ4v) is 2.48. The third kappa shape index (κ3) is 2.59. The fraction of sp³-hybridized carbons (Fsp3) is 0.0667. The zero-order chi connectivity index (χ0) is 14.2. The number of fused-ring (bicyclic) bond motifs is 1. The Hall–Kier alpha value is -1.35. The molecule has 5 heteroatoms. The number of alkyl halides is 3. The summed E-state index contributed by atoms with van der Waals surface area (Å²) in [5.74, 6) is 0. The van der Waals surface area contributed by atoms with Crippen molar-refractivity contribution in [3.8, 4) is 11.3 Å². The first-order valence-electron chi connectivity index (χ1n) is 5.94. The zero-order valence-electron chi connectivity index (χ0n) is 10.2. The van der Waals surface area contributed by atoms with Crippen LogP contribution >= 0.6 is 34.8 Å². The predicted octanol–water partition coefficient (Wildman–Crippen LogP) is 5.12. The lowest BCUT2D eigenvalue weighted by Gasteiger charge is -2.16. The van der Waals surface area contributed by atoms with Crippen LogP contribution in [0, 0.1) is 0 Å². The Morgan fingerprint density at radius 1 is 0.900 bits per heavy atom. The lowest BCUT2D eigenvalue weighted by molar-refractivity contribution is 1.11. The summed E-state index contributed by atoms with van der Waals surface area (Å²) in [6, 6.07) is 15.2. The summed E-state index contributed by atoms with van der Waals surface area (Å²) in [7, 11) is 0. The molecule has 0 aliphatic heterocycles. The van der Waals surface area contributed by atoms with Crippen molar-refractivity contribution in [1.82, 2.24) is 9.97 Å². The van der Waals surface area contributed by atoms with Crippen LogP contribution in [0.2, 0.25) is 0 Å². The quantitative estimate of drug-likeness (QED) is 0.581. The molecule has 0 spiro atoms. The molecule has 0 N–H and O–H groups in total. The molecule has 0 aliphatic carbocycles. The second-order valence-corrected chi connectivity index (χ2v) is 6.57. The van der Waals surface area contributed by atoms with Crippen molar-refractivity contribution >= 4 is 45.7 Å². The normalized spacial score (nSPS) is 11.8. The third-order valence-corrected chi connectivity index (χ3v) is 3.47. The molecular weight excluding hydrogens is 315 g/mol. The number of para-hydroxylation sites is 1. The van der Waals surface area contributed by atoms with Gasteiger partial charge in [0.25, 0.3) is 0 Å². The van der Waals surface area contributed by atoms with Gasteiger partial charge >= 0.3 is 0 Å². The third-order valence-electron chi connectivity index (χ3n) is 2.93. The first kappa shape index (κ1) is 13.6. The SMILES string of the molecule is ClC(Cl)(Cl)c1nc2ccccc2cc1-c1ccccn1. The smallest absolute Gasteiger partial charge is 0.233 e. The molecule has 0 fully saturated rings. The van der Waals surface area contributed by atoms with E-state index >= 15 is 0 Å². The number of pyridine rings is 2. The standard InChI is InChI=1S/C15H9Cl3N2/c16-15(17,18)14-11(13-7-3-4-8-19-13)9-10-5-1-2-6-12(10)20-14/h1-9H. The molecule has 0 saturated heterocycles. The summed E-state index contributed by atoms with van der Waals surface area (Å²) in [5, 5.41) is 0.978. The van der Waals surface area contributed by atoms with Crippen molar-refractivity contribution in [2.24, 2.45) is 0 Å². The zero-order valence-corrected chi connectivity index (χ0v) is 12.5. The molecule has 0 unspecified atom stereocenters. The highest BCUT2D eigenvalue weighted by Gasteiger charge is 2.29. The molecule has 2 nitrogen and oxygen atoms in total. The largest absolute Gasteiger partial charge is 0.256 e. The first-order valence-corrected chi connectivity index (χ1v) is 7.07. The van der Waals surface area contributed by atoms with Crippen LogP contribution in [0.1, 0.15) is 5.69 Å². The number of nitrogens with zero attached hydrogens (tertiary/aromatic N) is 2. The van der Waals surface area contributed by atoms with Gasteiger partial charge in [-0.2, -0.15) is 0 Å². The van der Waals surface area contributed by atoms with E-state index in [1.165, 1.54) is 0 Å². The van der Waals surface area contributed by atoms with E-state index in [0.29, 0.717) is 5.69 Å². The van der Waals surface area contributed by atoms with E-state index in [1.54, 1.807) is 6.20 Å². The first-order chi connectivity index (χ1) is 9.55. The number of benzene rings is 1. The maximum atomic E-state index is 6.05. The van der Waals surface area contributed by atoms with E-state index in [9.17, 15) is 0 Å². The molecule has 3 aromatic rings. The van der Waals surface area contributed by atoms with Gasteiger partial charge in [0.1, 0.15) is 5.69 Å². The number of hydrogen-bond donors (Lipinski definition) is 0. The maximum Gasteiger partial charge on any atom is 0.233 e. The lowest BCUT2D eigenvalue weighted by Crippen LogP contribution is -2.07. The van der Waals surface area contributed by atoms with Crippen LogP contribution in [0.25, 0.3) is 22.2 Å². The molecule has 1 aromatic carbocycles. The molecule has 0 bridgehead atoms. The highest BCUT2D eigenvalue weighted by atomic mass is 35.6. The Bertz CT molecular complexity index is 752. The average Bonchev–Trinajstić information content (AvgIpc) is 2.46. The van der Waals surface area contributed by atoms with Gasteiger partial charge in [-0.25, -0.2) is 4.98 Å². The van der Waals surface area contributed by atoms with Gasteiger partial charge in [-0.3, -0.25) is 4.98 Å². The Labute approximate surface area is 131 Å². The van der Waals surface area contributed by atoms with Gasteiger partial charge in [0, 0.05) is 17.1 Å². The molecule has 0 radical (unpaired) electrons. The van der Waals surface area contributed by atoms with Gasteiger partial charge in [-0.1, -0.05) is 59.1 Å². The summed E-state index contributed by atoms with van der Waals surface area (Å²) in [5.41, 5.74) is 2.63. The van der Waals surface area contributed by atoms with Crippen LogP contribution in [0.3, 0.4) is 0 Å². The van der Waals surface area contributed by atoms with Crippen LogP contribution in [-0.2, 0) is 3.79 Å². The van der Waals surface area contributed by atoms with E-state index < -0.39 is 3.79 Å². The van der Waals surface area contributed by atoms with E-state index in [0.717, 1.165) is 22.2 Å². The van der Waals surface area contributed by atoms with Gasteiger partial charge in [0.15, 0.2) is 0 Å². The van der Waals surface area contributed by atoms with Crippen molar-refractivity contribution in [1.29, 1.82) is 0 Å². The molecule has 20 heavy (non-hydrogen) atoms. The van der Waals surface area contributed by atoms with Gasteiger partial charge in [0.05, 0.1) is 11.2 Å². The Balaban J connectivity index is 2.33. The summed E-state index contributed by atoms with van der Waals surface area (Å²) < 4.78 is -1.60. The second kappa shape index (κ2) is 5.21. The van der Waals surface area contributed by atoms with Crippen LogP contribution in [-0.4, -0.2) is 9.97 Å². The van der Waals surface area contributed by atoms with Gasteiger partial charge < -0.3 is 0 Å². The minimum absolute atomic E-state index is 0.389.